The second kappa shape index (κ2) is 9.81. The first kappa shape index (κ1) is 29.0. The predicted molar refractivity (Wildman–Crippen MR) is 125 cm³/mol. The molecular formula is C27H16ClF10NO2. The lowest BCUT2D eigenvalue weighted by Gasteiger charge is -2.26. The maximum atomic E-state index is 14.8. The first-order chi connectivity index (χ1) is 18.9. The van der Waals surface area contributed by atoms with E-state index in [4.69, 9.17) is 16.3 Å². The van der Waals surface area contributed by atoms with E-state index in [0.717, 1.165) is 29.2 Å². The minimum absolute atomic E-state index is 0.0293. The number of halogens is 11. The largest absolute Gasteiger partial charge is 0.439 e. The van der Waals surface area contributed by atoms with Gasteiger partial charge >= 0.3 is 24.6 Å². The summed E-state index contributed by atoms with van der Waals surface area (Å²) >= 11 is 5.98. The van der Waals surface area contributed by atoms with Crippen molar-refractivity contribution in [2.75, 3.05) is 0 Å². The molecule has 2 aliphatic heterocycles. The van der Waals surface area contributed by atoms with Gasteiger partial charge in [0.05, 0.1) is 28.8 Å². The summed E-state index contributed by atoms with van der Waals surface area (Å²) in [5.41, 5.74) is -5.23. The van der Waals surface area contributed by atoms with Crippen molar-refractivity contribution < 1.29 is 53.4 Å². The van der Waals surface area contributed by atoms with Crippen LogP contribution in [0.2, 0.25) is 5.02 Å². The van der Waals surface area contributed by atoms with Crippen LogP contribution in [0.5, 0.6) is 0 Å². The normalized spacial score (nSPS) is 21.3. The van der Waals surface area contributed by atoms with Gasteiger partial charge in [-0.25, -0.2) is 9.18 Å². The highest BCUT2D eigenvalue weighted by Crippen LogP contribution is 2.51. The van der Waals surface area contributed by atoms with Gasteiger partial charge in [-0.2, -0.15) is 39.5 Å². The SMILES string of the molecule is O=C1O[C@H](c2cc(C(F)(F)F)cc(C(F)(F)F)c2)[C@@H]2CC[C@@H](c3cc(C(F)(F)F)ccc3-c3cc(Cl)ccc3F)N12. The standard InChI is InChI=1S/C27H16ClF10NO2/c28-16-2-4-20(29)18(11-16)17-3-1-13(25(30,31)32)10-19(17)21-5-6-22-23(41-24(40)39(21)22)12-7-14(26(33,34)35)9-15(8-12)27(36,37)38/h1-4,7-11,21-23H,5-6H2/t21-,22-,23+/m0/s1. The van der Waals surface area contributed by atoms with Crippen LogP contribution in [0.15, 0.2) is 54.6 Å². The molecular weight excluding hydrogens is 596 g/mol. The highest BCUT2D eigenvalue weighted by molar-refractivity contribution is 6.30. The van der Waals surface area contributed by atoms with E-state index in [9.17, 15) is 48.7 Å². The van der Waals surface area contributed by atoms with Gasteiger partial charge in [0.15, 0.2) is 0 Å². The third-order valence-electron chi connectivity index (χ3n) is 7.11. The number of benzene rings is 3. The molecule has 2 heterocycles. The quantitative estimate of drug-likeness (QED) is 0.276. The summed E-state index contributed by atoms with van der Waals surface area (Å²) in [6, 6.07) is 4.43. The molecule has 0 spiro atoms. The number of alkyl halides is 9. The fraction of sp³-hybridized carbons (Fsp3) is 0.296. The Morgan fingerprint density at radius 2 is 1.34 bits per heavy atom. The molecule has 0 bridgehead atoms. The molecule has 3 aromatic rings. The maximum absolute atomic E-state index is 14.8. The van der Waals surface area contributed by atoms with Gasteiger partial charge in [-0.1, -0.05) is 17.7 Å². The molecule has 0 N–H and O–H groups in total. The number of ether oxygens (including phenoxy) is 1. The van der Waals surface area contributed by atoms with Crippen LogP contribution in [0.25, 0.3) is 11.1 Å². The molecule has 0 saturated carbocycles. The molecule has 5 rings (SSSR count). The van der Waals surface area contributed by atoms with Crippen molar-refractivity contribution in [3.8, 4) is 11.1 Å². The van der Waals surface area contributed by atoms with Gasteiger partial charge in [-0.05, 0) is 78.1 Å². The van der Waals surface area contributed by atoms with E-state index < -0.39 is 70.9 Å². The Labute approximate surface area is 230 Å². The monoisotopic (exact) mass is 611 g/mol. The Balaban J connectivity index is 1.60. The van der Waals surface area contributed by atoms with Crippen molar-refractivity contribution in [3.63, 3.8) is 0 Å². The average molecular weight is 612 g/mol. The summed E-state index contributed by atoms with van der Waals surface area (Å²) in [4.78, 5) is 14.0. The van der Waals surface area contributed by atoms with E-state index >= 15 is 0 Å². The van der Waals surface area contributed by atoms with Gasteiger partial charge in [0.25, 0.3) is 0 Å². The highest BCUT2D eigenvalue weighted by Gasteiger charge is 2.52. The van der Waals surface area contributed by atoms with Crippen molar-refractivity contribution in [1.82, 2.24) is 4.90 Å². The number of amides is 1. The Bertz CT molecular complexity index is 1480. The molecule has 0 aliphatic carbocycles. The van der Waals surface area contributed by atoms with E-state index in [-0.39, 0.29) is 40.6 Å². The van der Waals surface area contributed by atoms with Crippen LogP contribution in [0.3, 0.4) is 0 Å². The number of carbonyl (C=O) groups is 1. The smallest absolute Gasteiger partial charge is 0.416 e. The second-order valence-electron chi connectivity index (χ2n) is 9.64. The zero-order valence-corrected chi connectivity index (χ0v) is 21.0. The Morgan fingerprint density at radius 3 is 1.93 bits per heavy atom. The molecule has 1 amide bonds. The van der Waals surface area contributed by atoms with Crippen molar-refractivity contribution in [2.45, 2.75) is 49.6 Å². The first-order valence-corrected chi connectivity index (χ1v) is 12.3. The van der Waals surface area contributed by atoms with Gasteiger partial charge < -0.3 is 4.74 Å². The summed E-state index contributed by atoms with van der Waals surface area (Å²) < 4.78 is 142. The average Bonchev–Trinajstić information content (AvgIpc) is 3.44. The lowest BCUT2D eigenvalue weighted by molar-refractivity contribution is -0.143. The van der Waals surface area contributed by atoms with Crippen LogP contribution in [0.1, 0.15) is 52.8 Å². The van der Waals surface area contributed by atoms with Gasteiger partial charge in [-0.15, -0.1) is 0 Å². The fourth-order valence-corrected chi connectivity index (χ4v) is 5.52. The topological polar surface area (TPSA) is 29.5 Å². The Hall–Kier alpha value is -3.48. The molecule has 3 aromatic carbocycles. The first-order valence-electron chi connectivity index (χ1n) is 11.9. The number of nitrogens with zero attached hydrogens (tertiary/aromatic N) is 1. The molecule has 0 radical (unpaired) electrons. The zero-order valence-electron chi connectivity index (χ0n) is 20.3. The number of carbonyl (C=O) groups excluding carboxylic acids is 1. The minimum Gasteiger partial charge on any atom is -0.439 e. The van der Waals surface area contributed by atoms with Crippen LogP contribution in [0.4, 0.5) is 48.7 Å². The minimum atomic E-state index is -5.15. The van der Waals surface area contributed by atoms with Crippen LogP contribution in [-0.4, -0.2) is 17.0 Å². The molecule has 2 fully saturated rings. The third kappa shape index (κ3) is 5.43. The van der Waals surface area contributed by atoms with Crippen LogP contribution in [-0.2, 0) is 23.3 Å². The van der Waals surface area contributed by atoms with Crippen LogP contribution in [0, 0.1) is 5.82 Å². The summed E-state index contributed by atoms with van der Waals surface area (Å²) in [6.07, 6.45) is -17.9. The highest BCUT2D eigenvalue weighted by atomic mass is 35.5. The van der Waals surface area contributed by atoms with Crippen molar-refractivity contribution >= 4 is 17.7 Å². The molecule has 0 aromatic heterocycles. The Kier molecular flexibility index (Phi) is 6.95. The lowest BCUT2D eigenvalue weighted by atomic mass is 9.91. The number of rotatable bonds is 3. The molecule has 41 heavy (non-hydrogen) atoms. The van der Waals surface area contributed by atoms with Gasteiger partial charge in [0.1, 0.15) is 11.9 Å². The van der Waals surface area contributed by atoms with Gasteiger partial charge in [-0.3, -0.25) is 4.90 Å². The maximum Gasteiger partial charge on any atom is 0.416 e. The van der Waals surface area contributed by atoms with E-state index in [0.29, 0.717) is 12.1 Å². The van der Waals surface area contributed by atoms with E-state index in [1.54, 1.807) is 0 Å². The summed E-state index contributed by atoms with van der Waals surface area (Å²) in [6.45, 7) is 0. The number of fused-ring (bicyclic) bond motifs is 1. The number of cyclic esters (lactones) is 1. The molecule has 0 unspecified atom stereocenters. The molecule has 3 atom stereocenters. The molecule has 2 aliphatic rings. The van der Waals surface area contributed by atoms with Gasteiger partial charge in [0.2, 0.25) is 0 Å². The van der Waals surface area contributed by atoms with E-state index in [2.05, 4.69) is 0 Å². The fourth-order valence-electron chi connectivity index (χ4n) is 5.35. The van der Waals surface area contributed by atoms with Crippen molar-refractivity contribution in [2.24, 2.45) is 0 Å². The summed E-state index contributed by atoms with van der Waals surface area (Å²) in [5.74, 6) is -0.824. The number of hydrogen-bond acceptors (Lipinski definition) is 2. The second-order valence-corrected chi connectivity index (χ2v) is 10.1. The molecule has 14 heteroatoms. The lowest BCUT2D eigenvalue weighted by Crippen LogP contribution is -2.31. The van der Waals surface area contributed by atoms with Crippen molar-refractivity contribution in [1.29, 1.82) is 0 Å². The Morgan fingerprint density at radius 1 is 0.732 bits per heavy atom. The summed E-state index contributed by atoms with van der Waals surface area (Å²) in [7, 11) is 0. The zero-order chi connectivity index (χ0) is 30.1. The van der Waals surface area contributed by atoms with Crippen molar-refractivity contribution in [3.05, 3.63) is 93.3 Å². The predicted octanol–water partition coefficient (Wildman–Crippen LogP) is 9.60. The molecule has 3 nitrogen and oxygen atoms in total. The summed E-state index contributed by atoms with van der Waals surface area (Å²) in [5, 5.41) is 0.0715. The molecule has 218 valence electrons. The van der Waals surface area contributed by atoms with E-state index in [1.165, 1.54) is 12.1 Å². The van der Waals surface area contributed by atoms with Crippen LogP contribution < -0.4 is 0 Å². The van der Waals surface area contributed by atoms with Crippen LogP contribution >= 0.6 is 11.6 Å². The third-order valence-corrected chi connectivity index (χ3v) is 7.35. The van der Waals surface area contributed by atoms with Gasteiger partial charge in [0, 0.05) is 10.6 Å². The van der Waals surface area contributed by atoms with E-state index in [1.807, 2.05) is 0 Å². The molecule has 2 saturated heterocycles. The number of hydrogen-bond donors (Lipinski definition) is 0.